The molecule has 1 aliphatic heterocycles. The van der Waals surface area contributed by atoms with Gasteiger partial charge in [-0.15, -0.1) is 0 Å². The summed E-state index contributed by atoms with van der Waals surface area (Å²) in [4.78, 5) is 26.3. The lowest BCUT2D eigenvalue weighted by molar-refractivity contribution is -0.135. The van der Waals surface area contributed by atoms with E-state index in [1.54, 1.807) is 34.1 Å². The summed E-state index contributed by atoms with van der Waals surface area (Å²) in [5, 5.41) is 0.564. The molecule has 0 saturated carbocycles. The van der Waals surface area contributed by atoms with Crippen LogP contribution in [0.5, 0.6) is 0 Å². The maximum absolute atomic E-state index is 12.4. The van der Waals surface area contributed by atoms with Crippen LogP contribution in [-0.4, -0.2) is 73.8 Å². The van der Waals surface area contributed by atoms with Gasteiger partial charge in [-0.05, 0) is 17.7 Å². The maximum atomic E-state index is 12.4. The average Bonchev–Trinajstić information content (AvgIpc) is 2.55. The molecule has 1 saturated heterocycles. The van der Waals surface area contributed by atoms with Crippen molar-refractivity contribution in [3.05, 3.63) is 34.9 Å². The smallest absolute Gasteiger partial charge is 0.238 e. The number of hydrogen-bond acceptors (Lipinski definition) is 4. The van der Waals surface area contributed by atoms with Crippen LogP contribution in [0.4, 0.5) is 0 Å². The van der Waals surface area contributed by atoms with Crippen LogP contribution in [0.1, 0.15) is 5.56 Å². The van der Waals surface area contributed by atoms with Crippen LogP contribution >= 0.6 is 11.6 Å². The molecule has 1 fully saturated rings. The molecular formula is C15H20ClN3O4S. The zero-order valence-corrected chi connectivity index (χ0v) is 15.0. The summed E-state index contributed by atoms with van der Waals surface area (Å²) < 4.78 is 25.1. The van der Waals surface area contributed by atoms with Gasteiger partial charge in [0.2, 0.25) is 22.3 Å². The maximum Gasteiger partial charge on any atom is 0.238 e. The van der Waals surface area contributed by atoms with E-state index < -0.39 is 10.0 Å². The van der Waals surface area contributed by atoms with Crippen molar-refractivity contribution in [2.24, 2.45) is 0 Å². The zero-order chi connectivity index (χ0) is 17.7. The normalized spacial score (nSPS) is 15.6. The van der Waals surface area contributed by atoms with E-state index in [-0.39, 0.29) is 19.0 Å². The molecule has 1 aromatic carbocycles. The second kappa shape index (κ2) is 7.96. The Morgan fingerprint density at radius 3 is 2.29 bits per heavy atom. The van der Waals surface area contributed by atoms with Crippen molar-refractivity contribution >= 4 is 33.9 Å². The van der Waals surface area contributed by atoms with Gasteiger partial charge in [-0.2, -0.15) is 4.31 Å². The summed E-state index contributed by atoms with van der Waals surface area (Å²) in [6, 6.07) is 6.82. The largest absolute Gasteiger partial charge is 0.342 e. The summed E-state index contributed by atoms with van der Waals surface area (Å²) in [6.07, 6.45) is 1.84. The molecule has 0 bridgehead atoms. The minimum atomic E-state index is -3.54. The fourth-order valence-corrected chi connectivity index (χ4v) is 3.27. The zero-order valence-electron chi connectivity index (χ0n) is 13.4. The quantitative estimate of drug-likeness (QED) is 0.676. The number of halogens is 1. The fourth-order valence-electron chi connectivity index (χ4n) is 2.41. The summed E-state index contributed by atoms with van der Waals surface area (Å²) in [6.45, 7) is 1.64. The van der Waals surface area contributed by atoms with E-state index >= 15 is 0 Å². The second-order valence-corrected chi connectivity index (χ2v) is 8.10. The molecule has 0 atom stereocenters. The van der Waals surface area contributed by atoms with Crippen LogP contribution in [0.3, 0.4) is 0 Å². The van der Waals surface area contributed by atoms with Crippen molar-refractivity contribution in [2.45, 2.75) is 6.54 Å². The number of nitrogens with zero attached hydrogens (tertiary/aromatic N) is 3. The van der Waals surface area contributed by atoms with Gasteiger partial charge in [-0.25, -0.2) is 8.42 Å². The molecule has 0 N–H and O–H groups in total. The molecule has 0 aromatic heterocycles. The van der Waals surface area contributed by atoms with Gasteiger partial charge in [0.15, 0.2) is 0 Å². The predicted molar refractivity (Wildman–Crippen MR) is 90.9 cm³/mol. The van der Waals surface area contributed by atoms with Gasteiger partial charge in [0, 0.05) is 37.7 Å². The van der Waals surface area contributed by atoms with Gasteiger partial charge in [0.1, 0.15) is 0 Å². The second-order valence-electron chi connectivity index (χ2n) is 5.68. The van der Waals surface area contributed by atoms with E-state index in [0.717, 1.165) is 22.5 Å². The van der Waals surface area contributed by atoms with Crippen molar-refractivity contribution in [1.29, 1.82) is 0 Å². The van der Waals surface area contributed by atoms with E-state index in [0.29, 0.717) is 31.2 Å². The van der Waals surface area contributed by atoms with Crippen molar-refractivity contribution in [3.8, 4) is 0 Å². The molecule has 0 radical (unpaired) electrons. The fraction of sp³-hybridized carbons (Fsp3) is 0.467. The first-order valence-electron chi connectivity index (χ1n) is 7.46. The molecule has 132 valence electrons. The third-order valence-electron chi connectivity index (χ3n) is 3.87. The molecule has 2 rings (SSSR count). The highest BCUT2D eigenvalue weighted by atomic mass is 35.5. The number of sulfonamides is 1. The molecule has 2 amide bonds. The lowest BCUT2D eigenvalue weighted by Gasteiger charge is -2.33. The summed E-state index contributed by atoms with van der Waals surface area (Å²) in [5.41, 5.74) is 0.753. The molecule has 1 aliphatic rings. The Bertz CT molecular complexity index is 685. The van der Waals surface area contributed by atoms with Crippen molar-refractivity contribution in [1.82, 2.24) is 14.1 Å². The van der Waals surface area contributed by atoms with Crippen LogP contribution in [0.2, 0.25) is 5.02 Å². The lowest BCUT2D eigenvalue weighted by atomic mass is 10.2. The van der Waals surface area contributed by atoms with Gasteiger partial charge in [-0.1, -0.05) is 23.7 Å². The number of amides is 2. The van der Waals surface area contributed by atoms with E-state index in [2.05, 4.69) is 0 Å². The highest BCUT2D eigenvalue weighted by Gasteiger charge is 2.26. The number of piperazine rings is 1. The average molecular weight is 374 g/mol. The molecule has 1 aromatic rings. The Balaban J connectivity index is 2.02. The third kappa shape index (κ3) is 5.19. The van der Waals surface area contributed by atoms with E-state index in [1.165, 1.54) is 0 Å². The number of benzene rings is 1. The van der Waals surface area contributed by atoms with Crippen LogP contribution in [-0.2, 0) is 26.2 Å². The Morgan fingerprint density at radius 2 is 1.79 bits per heavy atom. The van der Waals surface area contributed by atoms with E-state index in [1.807, 2.05) is 0 Å². The van der Waals surface area contributed by atoms with Gasteiger partial charge < -0.3 is 9.80 Å². The standard InChI is InChI=1S/C15H20ClN3O4S/c1-24(22,23)19(10-13-2-4-14(16)5-3-13)11-15(21)18-8-6-17(12-20)7-9-18/h2-5,12H,6-11H2,1H3. The van der Waals surface area contributed by atoms with E-state index in [9.17, 15) is 18.0 Å². The number of carbonyl (C=O) groups excluding carboxylic acids is 2. The van der Waals surface area contributed by atoms with Crippen LogP contribution in [0.25, 0.3) is 0 Å². The number of carbonyl (C=O) groups is 2. The molecule has 24 heavy (non-hydrogen) atoms. The van der Waals surface area contributed by atoms with Crippen molar-refractivity contribution in [2.75, 3.05) is 39.0 Å². The topological polar surface area (TPSA) is 78.0 Å². The molecule has 0 spiro atoms. The van der Waals surface area contributed by atoms with Crippen molar-refractivity contribution < 1.29 is 18.0 Å². The monoisotopic (exact) mass is 373 g/mol. The third-order valence-corrected chi connectivity index (χ3v) is 5.32. The number of hydrogen-bond donors (Lipinski definition) is 0. The molecule has 0 aliphatic carbocycles. The van der Waals surface area contributed by atoms with Gasteiger partial charge >= 0.3 is 0 Å². The Labute approximate surface area is 146 Å². The van der Waals surface area contributed by atoms with Crippen LogP contribution < -0.4 is 0 Å². The summed E-state index contributed by atoms with van der Waals surface area (Å²) >= 11 is 5.83. The molecule has 1 heterocycles. The lowest BCUT2D eigenvalue weighted by Crippen LogP contribution is -2.51. The van der Waals surface area contributed by atoms with Crippen molar-refractivity contribution in [3.63, 3.8) is 0 Å². The summed E-state index contributed by atoms with van der Waals surface area (Å²) in [5.74, 6) is -0.264. The minimum absolute atomic E-state index is 0.107. The minimum Gasteiger partial charge on any atom is -0.342 e. The first-order chi connectivity index (χ1) is 11.3. The first-order valence-corrected chi connectivity index (χ1v) is 9.69. The van der Waals surface area contributed by atoms with Gasteiger partial charge in [0.05, 0.1) is 12.8 Å². The SMILES string of the molecule is CS(=O)(=O)N(CC(=O)N1CCN(C=O)CC1)Cc1ccc(Cl)cc1. The first kappa shape index (κ1) is 18.7. The Morgan fingerprint density at radius 1 is 1.21 bits per heavy atom. The molecular weight excluding hydrogens is 354 g/mol. The van der Waals surface area contributed by atoms with E-state index in [4.69, 9.17) is 11.6 Å². The van der Waals surface area contributed by atoms with Crippen LogP contribution in [0.15, 0.2) is 24.3 Å². The predicted octanol–water partition coefficient (Wildman–Crippen LogP) is 0.402. The molecule has 7 nitrogen and oxygen atoms in total. The Hall–Kier alpha value is -1.64. The van der Waals surface area contributed by atoms with Crippen LogP contribution in [0, 0.1) is 0 Å². The summed E-state index contributed by atoms with van der Waals surface area (Å²) in [7, 11) is -3.54. The molecule has 0 unspecified atom stereocenters. The van der Waals surface area contributed by atoms with Gasteiger partial charge in [0.25, 0.3) is 0 Å². The highest BCUT2D eigenvalue weighted by Crippen LogP contribution is 2.13. The number of rotatable bonds is 6. The highest BCUT2D eigenvalue weighted by molar-refractivity contribution is 7.88. The Kier molecular flexibility index (Phi) is 6.20. The molecule has 9 heteroatoms. The van der Waals surface area contributed by atoms with Gasteiger partial charge in [-0.3, -0.25) is 9.59 Å².